The van der Waals surface area contributed by atoms with Crippen molar-refractivity contribution in [2.24, 2.45) is 7.05 Å². The lowest BCUT2D eigenvalue weighted by molar-refractivity contribution is 0.0516. The number of nitrogens with zero attached hydrogens (tertiary/aromatic N) is 3. The molecule has 0 saturated heterocycles. The predicted octanol–water partition coefficient (Wildman–Crippen LogP) is 3.93. The van der Waals surface area contributed by atoms with Crippen LogP contribution in [0.1, 0.15) is 59.2 Å². The fourth-order valence-corrected chi connectivity index (χ4v) is 3.90. The van der Waals surface area contributed by atoms with Crippen LogP contribution < -0.4 is 15.4 Å². The van der Waals surface area contributed by atoms with Crippen LogP contribution in [0.15, 0.2) is 23.0 Å². The Labute approximate surface area is 208 Å². The second-order valence-corrected chi connectivity index (χ2v) is 9.63. The van der Waals surface area contributed by atoms with Gasteiger partial charge < -0.3 is 24.1 Å². The molecule has 35 heavy (non-hydrogen) atoms. The van der Waals surface area contributed by atoms with Crippen LogP contribution in [0.5, 0.6) is 5.19 Å². The fourth-order valence-electron chi connectivity index (χ4n) is 2.59. The maximum atomic E-state index is 12.6. The molecule has 0 fully saturated rings. The van der Waals surface area contributed by atoms with Crippen LogP contribution >= 0.6 is 22.7 Å². The van der Waals surface area contributed by atoms with Crippen LogP contribution in [0, 0.1) is 0 Å². The molecule has 0 unspecified atom stereocenters. The normalized spacial score (nSPS) is 11.0. The highest BCUT2D eigenvalue weighted by Crippen LogP contribution is 2.22. The Bertz CT molecular complexity index is 1260. The minimum absolute atomic E-state index is 0.0164. The van der Waals surface area contributed by atoms with E-state index in [1.165, 1.54) is 27.6 Å². The van der Waals surface area contributed by atoms with Crippen LogP contribution in [-0.4, -0.2) is 50.7 Å². The van der Waals surface area contributed by atoms with Gasteiger partial charge in [0, 0.05) is 24.0 Å². The van der Waals surface area contributed by atoms with E-state index in [1.54, 1.807) is 34.7 Å². The summed E-state index contributed by atoms with van der Waals surface area (Å²) in [7, 11) is 1.60. The van der Waals surface area contributed by atoms with Gasteiger partial charge >= 0.3 is 18.0 Å². The summed E-state index contributed by atoms with van der Waals surface area (Å²) in [5.74, 6) is -1.88. The van der Waals surface area contributed by atoms with E-state index in [0.717, 1.165) is 22.7 Å². The molecule has 0 atom stereocenters. The van der Waals surface area contributed by atoms with Crippen LogP contribution in [0.3, 0.4) is 0 Å². The van der Waals surface area contributed by atoms with E-state index < -0.39 is 29.5 Å². The summed E-state index contributed by atoms with van der Waals surface area (Å²) >= 11 is 2.04. The number of aromatic nitrogens is 3. The maximum Gasteiger partial charge on any atom is 0.413 e. The van der Waals surface area contributed by atoms with Crippen molar-refractivity contribution in [3.8, 4) is 5.19 Å². The van der Waals surface area contributed by atoms with E-state index >= 15 is 0 Å². The van der Waals surface area contributed by atoms with Gasteiger partial charge in [0.15, 0.2) is 10.8 Å². The van der Waals surface area contributed by atoms with E-state index in [4.69, 9.17) is 14.2 Å². The molecule has 0 aromatic carbocycles. The number of hydrogen-bond acceptors (Lipinski definition) is 11. The van der Waals surface area contributed by atoms with E-state index in [-0.39, 0.29) is 34.0 Å². The number of aryl methyl sites for hydroxylation is 1. The van der Waals surface area contributed by atoms with Gasteiger partial charge in [-0.05, 0) is 33.8 Å². The number of nitrogens with one attached hydrogen (secondary N) is 2. The summed E-state index contributed by atoms with van der Waals surface area (Å²) in [6, 6.07) is 1.42. The van der Waals surface area contributed by atoms with E-state index in [0.29, 0.717) is 5.69 Å². The van der Waals surface area contributed by atoms with Crippen LogP contribution in [0.2, 0.25) is 0 Å². The number of thiazole rings is 2. The van der Waals surface area contributed by atoms with Gasteiger partial charge in [-0.1, -0.05) is 11.3 Å². The Morgan fingerprint density at radius 1 is 1.03 bits per heavy atom. The SMILES string of the molecule is CCOC(=O)c1csc(OC(=O)c2cc(NC(=O)c3csc(NC(=O)OC(C)(C)C)n3)cn2C)n1. The summed E-state index contributed by atoms with van der Waals surface area (Å²) in [6.45, 7) is 7.07. The molecule has 2 amide bonds. The number of hydrogen-bond donors (Lipinski definition) is 2. The third-order valence-electron chi connectivity index (χ3n) is 3.96. The number of carbonyl (C=O) groups excluding carboxylic acids is 4. The van der Waals surface area contributed by atoms with Gasteiger partial charge in [-0.25, -0.2) is 19.4 Å². The molecule has 0 aliphatic rings. The van der Waals surface area contributed by atoms with Gasteiger partial charge in [0.2, 0.25) is 0 Å². The molecule has 186 valence electrons. The molecule has 14 heteroatoms. The zero-order valence-electron chi connectivity index (χ0n) is 19.5. The van der Waals surface area contributed by atoms with Gasteiger partial charge in [-0.2, -0.15) is 4.98 Å². The first-order chi connectivity index (χ1) is 16.4. The molecule has 0 aliphatic heterocycles. The molecule has 0 saturated carbocycles. The highest BCUT2D eigenvalue weighted by atomic mass is 32.1. The van der Waals surface area contributed by atoms with Crippen molar-refractivity contribution in [3.05, 3.63) is 40.1 Å². The van der Waals surface area contributed by atoms with E-state index in [2.05, 4.69) is 20.6 Å². The number of carbonyl (C=O) groups is 4. The number of amides is 2. The number of anilines is 2. The lowest BCUT2D eigenvalue weighted by atomic mass is 10.2. The Balaban J connectivity index is 1.61. The maximum absolute atomic E-state index is 12.6. The highest BCUT2D eigenvalue weighted by molar-refractivity contribution is 7.14. The Morgan fingerprint density at radius 2 is 1.74 bits per heavy atom. The average molecular weight is 522 g/mol. The lowest BCUT2D eigenvalue weighted by Gasteiger charge is -2.18. The predicted molar refractivity (Wildman–Crippen MR) is 128 cm³/mol. The topological polar surface area (TPSA) is 151 Å². The summed E-state index contributed by atoms with van der Waals surface area (Å²) in [5, 5.41) is 8.19. The first-order valence-electron chi connectivity index (χ1n) is 10.2. The van der Waals surface area contributed by atoms with Gasteiger partial charge in [-0.3, -0.25) is 10.1 Å². The molecule has 0 spiro atoms. The lowest BCUT2D eigenvalue weighted by Crippen LogP contribution is -2.27. The summed E-state index contributed by atoms with van der Waals surface area (Å²) in [5.41, 5.74) is -0.0907. The monoisotopic (exact) mass is 521 g/mol. The molecular weight excluding hydrogens is 498 g/mol. The van der Waals surface area contributed by atoms with Gasteiger partial charge in [0.1, 0.15) is 17.0 Å². The number of ether oxygens (including phenoxy) is 3. The van der Waals surface area contributed by atoms with Crippen molar-refractivity contribution >= 4 is 57.4 Å². The van der Waals surface area contributed by atoms with Crippen LogP contribution in [0.4, 0.5) is 15.6 Å². The van der Waals surface area contributed by atoms with Crippen LogP contribution in [0.25, 0.3) is 0 Å². The quantitative estimate of drug-likeness (QED) is 0.441. The Morgan fingerprint density at radius 3 is 2.43 bits per heavy atom. The van der Waals surface area contributed by atoms with Gasteiger partial charge in [0.05, 0.1) is 12.3 Å². The zero-order chi connectivity index (χ0) is 25.8. The molecule has 0 aliphatic carbocycles. The van der Waals surface area contributed by atoms with E-state index in [1.807, 2.05) is 0 Å². The number of esters is 2. The zero-order valence-corrected chi connectivity index (χ0v) is 21.2. The Hall–Kier alpha value is -3.78. The molecular formula is C21H23N5O7S2. The van der Waals surface area contributed by atoms with Crippen molar-refractivity contribution in [2.45, 2.75) is 33.3 Å². The molecule has 3 rings (SSSR count). The van der Waals surface area contributed by atoms with Crippen molar-refractivity contribution < 1.29 is 33.4 Å². The highest BCUT2D eigenvalue weighted by Gasteiger charge is 2.21. The molecule has 12 nitrogen and oxygen atoms in total. The molecule has 3 aromatic heterocycles. The van der Waals surface area contributed by atoms with Crippen molar-refractivity contribution in [2.75, 3.05) is 17.2 Å². The Kier molecular flexibility index (Phi) is 7.86. The summed E-state index contributed by atoms with van der Waals surface area (Å²) < 4.78 is 16.7. The third-order valence-corrected chi connectivity index (χ3v) is 5.44. The second kappa shape index (κ2) is 10.7. The van der Waals surface area contributed by atoms with Crippen LogP contribution in [-0.2, 0) is 16.5 Å². The van der Waals surface area contributed by atoms with Gasteiger partial charge in [-0.15, -0.1) is 11.3 Å². The molecule has 3 heterocycles. The minimum atomic E-state index is -0.727. The standard InChI is InChI=1S/C21H23N5O7S2/c1-6-31-16(28)13-10-35-20(24-13)32-17(29)14-7-11(8-26(14)5)22-15(27)12-9-34-18(23-12)25-19(30)33-21(2,3)4/h7-10H,6H2,1-5H3,(H,22,27)(H,23,25,30). The van der Waals surface area contributed by atoms with Crippen molar-refractivity contribution in [1.82, 2.24) is 14.5 Å². The first-order valence-corrected chi connectivity index (χ1v) is 12.0. The molecule has 0 bridgehead atoms. The van der Waals surface area contributed by atoms with Gasteiger partial charge in [0.25, 0.3) is 11.1 Å². The third kappa shape index (κ3) is 7.10. The minimum Gasteiger partial charge on any atom is -0.461 e. The molecule has 3 aromatic rings. The first kappa shape index (κ1) is 25.8. The van der Waals surface area contributed by atoms with Crippen molar-refractivity contribution in [3.63, 3.8) is 0 Å². The average Bonchev–Trinajstić information content (AvgIpc) is 3.47. The summed E-state index contributed by atoms with van der Waals surface area (Å²) in [4.78, 5) is 56.7. The number of rotatable bonds is 7. The van der Waals surface area contributed by atoms with Crippen molar-refractivity contribution in [1.29, 1.82) is 0 Å². The fraction of sp³-hybridized carbons (Fsp3) is 0.333. The smallest absolute Gasteiger partial charge is 0.413 e. The molecule has 0 radical (unpaired) electrons. The molecule has 2 N–H and O–H groups in total. The largest absolute Gasteiger partial charge is 0.461 e. The second-order valence-electron chi connectivity index (χ2n) is 7.95. The summed E-state index contributed by atoms with van der Waals surface area (Å²) in [6.07, 6.45) is 0.840. The van der Waals surface area contributed by atoms with E-state index in [9.17, 15) is 19.2 Å².